The Labute approximate surface area is 76.7 Å². The number of nitriles is 1. The maximum absolute atomic E-state index is 9.92. The Morgan fingerprint density at radius 2 is 2.15 bits per heavy atom. The fourth-order valence-corrected chi connectivity index (χ4v) is 1.59. The first-order valence-electron chi connectivity index (χ1n) is 4.16. The molecule has 0 bridgehead atoms. The van der Waals surface area contributed by atoms with E-state index in [2.05, 4.69) is 0 Å². The highest BCUT2D eigenvalue weighted by molar-refractivity contribution is 5.59. The van der Waals surface area contributed by atoms with Gasteiger partial charge in [-0.2, -0.15) is 5.26 Å². The van der Waals surface area contributed by atoms with Crippen molar-refractivity contribution in [3.8, 4) is 6.07 Å². The third-order valence-corrected chi connectivity index (χ3v) is 2.30. The van der Waals surface area contributed by atoms with Crippen LogP contribution in [0.25, 0.3) is 6.08 Å². The van der Waals surface area contributed by atoms with E-state index in [4.69, 9.17) is 5.26 Å². The number of nitrogens with zero attached hydrogens (tertiary/aromatic N) is 1. The molecule has 1 unspecified atom stereocenters. The van der Waals surface area contributed by atoms with Crippen LogP contribution in [-0.2, 0) is 5.60 Å². The number of fused-ring (bicyclic) bond motifs is 1. The highest BCUT2D eigenvalue weighted by Crippen LogP contribution is 2.32. The Balaban J connectivity index is 2.64. The van der Waals surface area contributed by atoms with Gasteiger partial charge in [-0.1, -0.05) is 36.4 Å². The van der Waals surface area contributed by atoms with Crippen LogP contribution >= 0.6 is 0 Å². The van der Waals surface area contributed by atoms with Crippen molar-refractivity contribution in [2.75, 3.05) is 0 Å². The van der Waals surface area contributed by atoms with Gasteiger partial charge in [0.25, 0.3) is 0 Å². The Morgan fingerprint density at radius 3 is 2.92 bits per heavy atom. The average molecular weight is 171 g/mol. The fourth-order valence-electron chi connectivity index (χ4n) is 1.59. The summed E-state index contributed by atoms with van der Waals surface area (Å²) < 4.78 is 0. The summed E-state index contributed by atoms with van der Waals surface area (Å²) in [5.41, 5.74) is 0.309. The topological polar surface area (TPSA) is 44.0 Å². The standard InChI is InChI=1S/C11H9NO/c12-8-11(13)7-3-5-9-4-1-2-6-10(9)11/h1-6,13H,7H2. The Kier molecular flexibility index (Phi) is 1.68. The smallest absolute Gasteiger partial charge is 0.180 e. The number of benzene rings is 1. The molecule has 2 heteroatoms. The molecular weight excluding hydrogens is 162 g/mol. The Bertz CT molecular complexity index is 403. The number of rotatable bonds is 0. The summed E-state index contributed by atoms with van der Waals surface area (Å²) >= 11 is 0. The lowest BCUT2D eigenvalue weighted by Crippen LogP contribution is -2.25. The molecule has 2 rings (SSSR count). The number of hydrogen-bond acceptors (Lipinski definition) is 2. The van der Waals surface area contributed by atoms with Gasteiger partial charge in [-0.05, 0) is 5.56 Å². The molecule has 0 fully saturated rings. The van der Waals surface area contributed by atoms with Crippen molar-refractivity contribution in [3.63, 3.8) is 0 Å². The summed E-state index contributed by atoms with van der Waals surface area (Å²) in [6.07, 6.45) is 4.13. The number of aliphatic hydroxyl groups is 1. The summed E-state index contributed by atoms with van der Waals surface area (Å²) in [5, 5.41) is 18.8. The maximum atomic E-state index is 9.92. The van der Waals surface area contributed by atoms with E-state index in [1.165, 1.54) is 0 Å². The molecule has 1 aromatic rings. The van der Waals surface area contributed by atoms with Crippen LogP contribution < -0.4 is 0 Å². The molecule has 2 nitrogen and oxygen atoms in total. The molecule has 0 heterocycles. The predicted octanol–water partition coefficient (Wildman–Crippen LogP) is 1.81. The Morgan fingerprint density at radius 1 is 1.38 bits per heavy atom. The Hall–Kier alpha value is -1.59. The molecular formula is C11H9NO. The van der Waals surface area contributed by atoms with Crippen LogP contribution in [-0.4, -0.2) is 5.11 Å². The molecule has 0 saturated heterocycles. The van der Waals surface area contributed by atoms with E-state index in [-0.39, 0.29) is 0 Å². The zero-order valence-electron chi connectivity index (χ0n) is 7.07. The van der Waals surface area contributed by atoms with E-state index in [1.54, 1.807) is 6.07 Å². The largest absolute Gasteiger partial charge is 0.371 e. The van der Waals surface area contributed by atoms with Gasteiger partial charge in [-0.3, -0.25) is 0 Å². The normalized spacial score (nSPS) is 24.9. The first-order valence-corrected chi connectivity index (χ1v) is 4.16. The van der Waals surface area contributed by atoms with Crippen LogP contribution in [0.5, 0.6) is 0 Å². The molecule has 64 valence electrons. The van der Waals surface area contributed by atoms with Crippen LogP contribution in [0.4, 0.5) is 0 Å². The van der Waals surface area contributed by atoms with Crippen LogP contribution in [0.1, 0.15) is 17.5 Å². The summed E-state index contributed by atoms with van der Waals surface area (Å²) in [7, 11) is 0. The van der Waals surface area contributed by atoms with E-state index < -0.39 is 5.60 Å². The van der Waals surface area contributed by atoms with Crippen LogP contribution in [0.3, 0.4) is 0 Å². The van der Waals surface area contributed by atoms with Crippen molar-refractivity contribution in [1.82, 2.24) is 0 Å². The first-order chi connectivity index (χ1) is 6.26. The molecule has 1 aromatic carbocycles. The van der Waals surface area contributed by atoms with Crippen LogP contribution in [0.2, 0.25) is 0 Å². The van der Waals surface area contributed by atoms with Gasteiger partial charge in [0, 0.05) is 12.0 Å². The summed E-state index contributed by atoms with van der Waals surface area (Å²) in [4.78, 5) is 0. The summed E-state index contributed by atoms with van der Waals surface area (Å²) in [6, 6.07) is 9.36. The van der Waals surface area contributed by atoms with Crippen LogP contribution in [0.15, 0.2) is 30.3 Å². The second-order valence-electron chi connectivity index (χ2n) is 3.17. The minimum Gasteiger partial charge on any atom is -0.371 e. The van der Waals surface area contributed by atoms with Gasteiger partial charge in [0.15, 0.2) is 5.60 Å². The maximum Gasteiger partial charge on any atom is 0.180 e. The summed E-state index contributed by atoms with van der Waals surface area (Å²) in [5.74, 6) is 0. The zero-order chi connectivity index (χ0) is 9.31. The quantitative estimate of drug-likeness (QED) is 0.605. The SMILES string of the molecule is N#CC1(O)CC=Cc2ccccc21. The lowest BCUT2D eigenvalue weighted by Gasteiger charge is -2.24. The lowest BCUT2D eigenvalue weighted by molar-refractivity contribution is 0.0999. The molecule has 1 aliphatic rings. The monoisotopic (exact) mass is 171 g/mol. The molecule has 1 N–H and O–H groups in total. The van der Waals surface area contributed by atoms with Gasteiger partial charge in [0.05, 0.1) is 0 Å². The molecule has 0 aliphatic heterocycles. The molecule has 0 saturated carbocycles. The molecule has 1 aliphatic carbocycles. The summed E-state index contributed by atoms with van der Waals surface area (Å²) in [6.45, 7) is 0. The molecule has 0 aromatic heterocycles. The number of hydrogen-bond donors (Lipinski definition) is 1. The first kappa shape index (κ1) is 8.03. The second-order valence-corrected chi connectivity index (χ2v) is 3.17. The van der Waals surface area contributed by atoms with Gasteiger partial charge in [0.1, 0.15) is 6.07 Å². The van der Waals surface area contributed by atoms with E-state index in [1.807, 2.05) is 36.4 Å². The average Bonchev–Trinajstić information content (AvgIpc) is 2.19. The van der Waals surface area contributed by atoms with Gasteiger partial charge in [-0.25, -0.2) is 0 Å². The second kappa shape index (κ2) is 2.72. The molecule has 0 amide bonds. The molecule has 13 heavy (non-hydrogen) atoms. The van der Waals surface area contributed by atoms with Crippen molar-refractivity contribution < 1.29 is 5.11 Å². The van der Waals surface area contributed by atoms with Crippen molar-refractivity contribution in [3.05, 3.63) is 41.5 Å². The van der Waals surface area contributed by atoms with Crippen molar-refractivity contribution in [2.45, 2.75) is 12.0 Å². The van der Waals surface area contributed by atoms with Gasteiger partial charge < -0.3 is 5.11 Å². The highest BCUT2D eigenvalue weighted by Gasteiger charge is 2.31. The highest BCUT2D eigenvalue weighted by atomic mass is 16.3. The molecule has 0 spiro atoms. The van der Waals surface area contributed by atoms with E-state index >= 15 is 0 Å². The third-order valence-electron chi connectivity index (χ3n) is 2.30. The van der Waals surface area contributed by atoms with Crippen LogP contribution in [0, 0.1) is 11.3 Å². The minimum atomic E-state index is -1.33. The fraction of sp³-hybridized carbons (Fsp3) is 0.182. The van der Waals surface area contributed by atoms with Crippen molar-refractivity contribution in [1.29, 1.82) is 5.26 Å². The lowest BCUT2D eigenvalue weighted by atomic mass is 9.84. The zero-order valence-corrected chi connectivity index (χ0v) is 7.07. The van der Waals surface area contributed by atoms with Gasteiger partial charge in [-0.15, -0.1) is 0 Å². The van der Waals surface area contributed by atoms with E-state index in [0.717, 1.165) is 5.56 Å². The predicted molar refractivity (Wildman–Crippen MR) is 49.6 cm³/mol. The molecule has 0 radical (unpaired) electrons. The van der Waals surface area contributed by atoms with Crippen molar-refractivity contribution in [2.24, 2.45) is 0 Å². The molecule has 1 atom stereocenters. The van der Waals surface area contributed by atoms with Gasteiger partial charge >= 0.3 is 0 Å². The van der Waals surface area contributed by atoms with Crippen molar-refractivity contribution >= 4 is 6.08 Å². The van der Waals surface area contributed by atoms with E-state index in [0.29, 0.717) is 12.0 Å². The van der Waals surface area contributed by atoms with Gasteiger partial charge in [0.2, 0.25) is 0 Å². The van der Waals surface area contributed by atoms with E-state index in [9.17, 15) is 5.11 Å². The minimum absolute atomic E-state index is 0.376. The third kappa shape index (κ3) is 1.14.